The van der Waals surface area contributed by atoms with Gasteiger partial charge in [0.25, 0.3) is 0 Å². The Balaban J connectivity index is 2.55. The van der Waals surface area contributed by atoms with E-state index in [1.165, 1.54) is 6.07 Å². The molecular weight excluding hydrogens is 192 g/mol. The maximum absolute atomic E-state index is 9.28. The van der Waals surface area contributed by atoms with E-state index in [-0.39, 0.29) is 17.6 Å². The van der Waals surface area contributed by atoms with Crippen molar-refractivity contribution in [2.45, 2.75) is 12.8 Å². The van der Waals surface area contributed by atoms with Crippen LogP contribution in [0, 0.1) is 11.3 Å². The molecule has 4 heteroatoms. The van der Waals surface area contributed by atoms with Crippen LogP contribution in [0.3, 0.4) is 0 Å². The number of hydrogen-bond acceptors (Lipinski definition) is 4. The maximum atomic E-state index is 9.28. The zero-order valence-electron chi connectivity index (χ0n) is 8.19. The van der Waals surface area contributed by atoms with Crippen molar-refractivity contribution in [2.75, 3.05) is 0 Å². The number of phenols is 1. The number of phenolic OH excluding ortho intramolecular Hbond substituents is 1. The first-order valence-corrected chi connectivity index (χ1v) is 4.54. The van der Waals surface area contributed by atoms with Gasteiger partial charge in [-0.3, -0.25) is 0 Å². The van der Waals surface area contributed by atoms with Gasteiger partial charge < -0.3 is 15.6 Å². The van der Waals surface area contributed by atoms with E-state index in [1.54, 1.807) is 12.1 Å². The maximum Gasteiger partial charge on any atom is 0.205 e. The van der Waals surface area contributed by atoms with E-state index in [0.717, 1.165) is 5.56 Å². The van der Waals surface area contributed by atoms with Crippen LogP contribution in [-0.4, -0.2) is 5.11 Å². The second kappa shape index (κ2) is 3.21. The number of hydrogen-bond donors (Lipinski definition) is 2. The summed E-state index contributed by atoms with van der Waals surface area (Å²) in [4.78, 5) is 0. The molecule has 0 saturated heterocycles. The summed E-state index contributed by atoms with van der Waals surface area (Å²) >= 11 is 0. The van der Waals surface area contributed by atoms with E-state index in [2.05, 4.69) is 0 Å². The van der Waals surface area contributed by atoms with Crippen LogP contribution in [0.1, 0.15) is 18.4 Å². The van der Waals surface area contributed by atoms with Crippen LogP contribution in [-0.2, 0) is 0 Å². The number of nitriles is 1. The predicted molar refractivity (Wildman–Crippen MR) is 54.0 cm³/mol. The summed E-state index contributed by atoms with van der Waals surface area (Å²) in [6.07, 6.45) is 0. The molecule has 0 amide bonds. The van der Waals surface area contributed by atoms with E-state index in [1.807, 2.05) is 13.0 Å². The fourth-order valence-electron chi connectivity index (χ4n) is 1.66. The second-order valence-corrected chi connectivity index (χ2v) is 3.44. The highest BCUT2D eigenvalue weighted by atomic mass is 16.5. The smallest absolute Gasteiger partial charge is 0.205 e. The van der Waals surface area contributed by atoms with Crippen molar-refractivity contribution in [2.24, 2.45) is 5.73 Å². The Bertz CT molecular complexity index is 486. The van der Waals surface area contributed by atoms with Crippen LogP contribution in [0.15, 0.2) is 29.7 Å². The molecule has 0 bridgehead atoms. The van der Waals surface area contributed by atoms with Crippen LogP contribution in [0.2, 0.25) is 0 Å². The third-order valence-corrected chi connectivity index (χ3v) is 2.50. The predicted octanol–water partition coefficient (Wildman–Crippen LogP) is 1.58. The summed E-state index contributed by atoms with van der Waals surface area (Å²) in [5.74, 6) is 0.649. The van der Waals surface area contributed by atoms with E-state index >= 15 is 0 Å². The fourth-order valence-corrected chi connectivity index (χ4v) is 1.66. The molecule has 0 radical (unpaired) electrons. The molecule has 15 heavy (non-hydrogen) atoms. The molecule has 4 nitrogen and oxygen atoms in total. The third-order valence-electron chi connectivity index (χ3n) is 2.50. The van der Waals surface area contributed by atoms with Crippen LogP contribution in [0.4, 0.5) is 0 Å². The lowest BCUT2D eigenvalue weighted by atomic mass is 9.91. The Hall–Kier alpha value is -2.15. The van der Waals surface area contributed by atoms with Crippen LogP contribution in [0.5, 0.6) is 11.5 Å². The Morgan fingerprint density at radius 3 is 2.93 bits per heavy atom. The van der Waals surface area contributed by atoms with Gasteiger partial charge in [0, 0.05) is 17.5 Å². The Morgan fingerprint density at radius 2 is 2.27 bits per heavy atom. The first-order valence-electron chi connectivity index (χ1n) is 4.54. The Labute approximate surface area is 87.2 Å². The SMILES string of the molecule is C[C@H]1C(C#N)=C(N)Oc2cc(O)ccc21. The van der Waals surface area contributed by atoms with E-state index in [4.69, 9.17) is 15.7 Å². The Kier molecular flexibility index (Phi) is 2.01. The topological polar surface area (TPSA) is 79.3 Å². The molecule has 1 aliphatic heterocycles. The van der Waals surface area contributed by atoms with Crippen LogP contribution >= 0.6 is 0 Å². The molecule has 0 saturated carbocycles. The van der Waals surface area contributed by atoms with Crippen molar-refractivity contribution in [3.8, 4) is 17.6 Å². The largest absolute Gasteiger partial charge is 0.508 e. The van der Waals surface area contributed by atoms with E-state index < -0.39 is 0 Å². The highest BCUT2D eigenvalue weighted by Crippen LogP contribution is 2.38. The minimum Gasteiger partial charge on any atom is -0.508 e. The van der Waals surface area contributed by atoms with Gasteiger partial charge in [-0.1, -0.05) is 13.0 Å². The quantitative estimate of drug-likeness (QED) is 0.669. The van der Waals surface area contributed by atoms with Gasteiger partial charge in [0.2, 0.25) is 5.88 Å². The van der Waals surface area contributed by atoms with Crippen LogP contribution < -0.4 is 10.5 Å². The summed E-state index contributed by atoms with van der Waals surface area (Å²) in [6.45, 7) is 1.88. The molecule has 1 atom stereocenters. The molecule has 0 aromatic heterocycles. The van der Waals surface area contributed by atoms with Gasteiger partial charge in [-0.25, -0.2) is 0 Å². The highest BCUT2D eigenvalue weighted by molar-refractivity contribution is 5.51. The molecule has 1 aromatic carbocycles. The van der Waals surface area contributed by atoms with Crippen molar-refractivity contribution in [3.63, 3.8) is 0 Å². The number of fused-ring (bicyclic) bond motifs is 1. The molecule has 1 heterocycles. The molecule has 0 spiro atoms. The van der Waals surface area contributed by atoms with Gasteiger partial charge in [-0.2, -0.15) is 5.26 Å². The summed E-state index contributed by atoms with van der Waals surface area (Å²) in [6, 6.07) is 6.82. The molecule has 3 N–H and O–H groups in total. The van der Waals surface area contributed by atoms with Crippen molar-refractivity contribution in [3.05, 3.63) is 35.2 Å². The lowest BCUT2D eigenvalue weighted by molar-refractivity contribution is 0.386. The zero-order chi connectivity index (χ0) is 11.0. The second-order valence-electron chi connectivity index (χ2n) is 3.44. The van der Waals surface area contributed by atoms with Crippen molar-refractivity contribution >= 4 is 0 Å². The highest BCUT2D eigenvalue weighted by Gasteiger charge is 2.25. The molecular formula is C11H10N2O2. The molecule has 76 valence electrons. The number of nitrogens with zero attached hydrogens (tertiary/aromatic N) is 1. The zero-order valence-corrected chi connectivity index (χ0v) is 8.19. The van der Waals surface area contributed by atoms with Crippen molar-refractivity contribution in [1.82, 2.24) is 0 Å². The number of benzene rings is 1. The first-order chi connectivity index (χ1) is 7.13. The molecule has 0 fully saturated rings. The van der Waals surface area contributed by atoms with E-state index in [0.29, 0.717) is 11.3 Å². The summed E-state index contributed by atoms with van der Waals surface area (Å²) in [5.41, 5.74) is 6.88. The number of nitrogens with two attached hydrogens (primary N) is 1. The minimum absolute atomic E-state index is 0.0978. The lowest BCUT2D eigenvalue weighted by Gasteiger charge is -2.23. The van der Waals surface area contributed by atoms with Gasteiger partial charge in [0.1, 0.15) is 17.6 Å². The van der Waals surface area contributed by atoms with Gasteiger partial charge in [-0.15, -0.1) is 0 Å². The lowest BCUT2D eigenvalue weighted by Crippen LogP contribution is -2.18. The molecule has 0 unspecified atom stereocenters. The standard InChI is InChI=1S/C11H10N2O2/c1-6-8-3-2-7(14)4-10(8)15-11(13)9(6)5-12/h2-4,6,14H,13H2,1H3/t6-/m1/s1. The van der Waals surface area contributed by atoms with Crippen molar-refractivity contribution < 1.29 is 9.84 Å². The van der Waals surface area contributed by atoms with E-state index in [9.17, 15) is 5.11 Å². The molecule has 2 rings (SSSR count). The summed E-state index contributed by atoms with van der Waals surface area (Å²) in [7, 11) is 0. The number of rotatable bonds is 0. The Morgan fingerprint density at radius 1 is 1.53 bits per heavy atom. The van der Waals surface area contributed by atoms with Gasteiger partial charge in [0.05, 0.1) is 5.57 Å². The average molecular weight is 202 g/mol. The van der Waals surface area contributed by atoms with Gasteiger partial charge in [-0.05, 0) is 6.07 Å². The van der Waals surface area contributed by atoms with Crippen LogP contribution in [0.25, 0.3) is 0 Å². The van der Waals surface area contributed by atoms with Gasteiger partial charge in [0.15, 0.2) is 0 Å². The van der Waals surface area contributed by atoms with Gasteiger partial charge >= 0.3 is 0 Å². The minimum atomic E-state index is -0.0978. The molecule has 0 aliphatic carbocycles. The fraction of sp³-hybridized carbons (Fsp3) is 0.182. The first kappa shape index (κ1) is 9.41. The number of ether oxygens (including phenoxy) is 1. The summed E-state index contributed by atoms with van der Waals surface area (Å²) < 4.78 is 5.26. The number of aromatic hydroxyl groups is 1. The summed E-state index contributed by atoms with van der Waals surface area (Å²) in [5, 5.41) is 18.2. The van der Waals surface area contributed by atoms with Crippen molar-refractivity contribution in [1.29, 1.82) is 5.26 Å². The molecule has 1 aromatic rings. The number of allylic oxidation sites excluding steroid dienone is 1. The normalized spacial score (nSPS) is 19.1. The monoisotopic (exact) mass is 202 g/mol. The molecule has 1 aliphatic rings. The average Bonchev–Trinajstić information content (AvgIpc) is 2.17. The third kappa shape index (κ3) is 1.38.